The summed E-state index contributed by atoms with van der Waals surface area (Å²) in [6.45, 7) is 1.91. The van der Waals surface area contributed by atoms with Gasteiger partial charge in [-0.15, -0.1) is 0 Å². The molecule has 2 aromatic heterocycles. The molecule has 0 N–H and O–H groups in total. The van der Waals surface area contributed by atoms with Crippen molar-refractivity contribution in [2.45, 2.75) is 50.7 Å². The summed E-state index contributed by atoms with van der Waals surface area (Å²) in [6.07, 6.45) is -0.0625. The van der Waals surface area contributed by atoms with Crippen molar-refractivity contribution in [3.05, 3.63) is 71.0 Å². The lowest BCUT2D eigenvalue weighted by atomic mass is 10.1. The van der Waals surface area contributed by atoms with Crippen LogP contribution in [0.1, 0.15) is 53.1 Å². The molecule has 0 unspecified atom stereocenters. The van der Waals surface area contributed by atoms with Crippen LogP contribution in [0.15, 0.2) is 47.0 Å². The Bertz CT molecular complexity index is 1380. The zero-order valence-corrected chi connectivity index (χ0v) is 22.7. The van der Waals surface area contributed by atoms with Crippen LogP contribution in [0.3, 0.4) is 0 Å². The Hall–Kier alpha value is -3.96. The summed E-state index contributed by atoms with van der Waals surface area (Å²) in [5.74, 6) is -1.56. The minimum Gasteiger partial charge on any atom is -0.420 e. The van der Waals surface area contributed by atoms with E-state index in [2.05, 4.69) is 9.97 Å². The molecule has 0 bridgehead atoms. The second kappa shape index (κ2) is 11.9. The molecule has 41 heavy (non-hydrogen) atoms. The van der Waals surface area contributed by atoms with Gasteiger partial charge in [-0.05, 0) is 36.1 Å². The van der Waals surface area contributed by atoms with Gasteiger partial charge >= 0.3 is 6.18 Å². The maximum Gasteiger partial charge on any atom is 0.437 e. The van der Waals surface area contributed by atoms with Crippen LogP contribution in [0.25, 0.3) is 0 Å². The van der Waals surface area contributed by atoms with Crippen molar-refractivity contribution in [2.24, 2.45) is 0 Å². The highest BCUT2D eigenvalue weighted by Crippen LogP contribution is 2.36. The number of hydrogen-bond donors (Lipinski definition) is 0. The average Bonchev–Trinajstić information content (AvgIpc) is 3.66. The van der Waals surface area contributed by atoms with E-state index in [1.807, 2.05) is 4.90 Å². The zero-order chi connectivity index (χ0) is 29.1. The third-order valence-electron chi connectivity index (χ3n) is 7.74. The number of carbonyl (C=O) groups excluding carboxylic acids is 2. The minimum absolute atomic E-state index is 0.00669. The number of hydrogen-bond acceptors (Lipinski definition) is 7. The topological polar surface area (TPSA) is 82.8 Å². The molecule has 8 nitrogen and oxygen atoms in total. The van der Waals surface area contributed by atoms with E-state index in [0.29, 0.717) is 43.1 Å². The molecule has 1 saturated carbocycles. The number of piperazine rings is 1. The molecule has 3 heterocycles. The van der Waals surface area contributed by atoms with E-state index >= 15 is 0 Å². The van der Waals surface area contributed by atoms with Crippen molar-refractivity contribution in [2.75, 3.05) is 43.0 Å². The summed E-state index contributed by atoms with van der Waals surface area (Å²) < 4.78 is 60.4. The maximum atomic E-state index is 13.9. The van der Waals surface area contributed by atoms with E-state index in [1.54, 1.807) is 47.2 Å². The number of anilines is 2. The fraction of sp³-hybridized carbons (Fsp3) is 0.448. The summed E-state index contributed by atoms with van der Waals surface area (Å²) in [7, 11) is 1.64. The highest BCUT2D eigenvalue weighted by Gasteiger charge is 2.42. The quantitative estimate of drug-likeness (QED) is 0.279. The fourth-order valence-electron chi connectivity index (χ4n) is 5.36. The number of amides is 1. The van der Waals surface area contributed by atoms with Crippen LogP contribution in [0.2, 0.25) is 0 Å². The van der Waals surface area contributed by atoms with E-state index in [1.165, 1.54) is 12.3 Å². The largest absolute Gasteiger partial charge is 0.437 e. The third kappa shape index (κ3) is 6.52. The van der Waals surface area contributed by atoms with Crippen LogP contribution in [0.5, 0.6) is 0 Å². The summed E-state index contributed by atoms with van der Waals surface area (Å²) in [5, 5.41) is 0. The first-order chi connectivity index (χ1) is 19.6. The van der Waals surface area contributed by atoms with E-state index < -0.39 is 29.2 Å². The third-order valence-corrected chi connectivity index (χ3v) is 7.74. The molecule has 1 saturated heterocycles. The lowest BCUT2D eigenvalue weighted by molar-refractivity contribution is -0.141. The smallest absolute Gasteiger partial charge is 0.420 e. The number of pyridine rings is 1. The number of benzene rings is 1. The van der Waals surface area contributed by atoms with E-state index in [9.17, 15) is 27.2 Å². The molecule has 1 aromatic carbocycles. The fourth-order valence-corrected chi connectivity index (χ4v) is 5.36. The number of carbonyl (C=O) groups is 2. The number of nitrogens with zero attached hydrogens (tertiary/aromatic N) is 5. The van der Waals surface area contributed by atoms with Crippen molar-refractivity contribution in [1.29, 1.82) is 0 Å². The molecule has 2 aliphatic rings. The van der Waals surface area contributed by atoms with Gasteiger partial charge in [0.2, 0.25) is 17.5 Å². The number of halogens is 4. The van der Waals surface area contributed by atoms with E-state index in [-0.39, 0.29) is 30.8 Å². The molecule has 218 valence electrons. The van der Waals surface area contributed by atoms with Gasteiger partial charge in [-0.1, -0.05) is 37.1 Å². The van der Waals surface area contributed by atoms with Crippen molar-refractivity contribution < 1.29 is 31.6 Å². The summed E-state index contributed by atoms with van der Waals surface area (Å²) in [4.78, 5) is 38.9. The summed E-state index contributed by atoms with van der Waals surface area (Å²) >= 11 is 0. The van der Waals surface area contributed by atoms with Crippen LogP contribution in [0.4, 0.5) is 29.4 Å². The number of aromatic nitrogens is 2. The van der Waals surface area contributed by atoms with E-state index in [4.69, 9.17) is 4.42 Å². The van der Waals surface area contributed by atoms with Gasteiger partial charge in [0, 0.05) is 51.9 Å². The van der Waals surface area contributed by atoms with Crippen molar-refractivity contribution >= 4 is 23.5 Å². The predicted molar refractivity (Wildman–Crippen MR) is 143 cm³/mol. The number of oxazole rings is 1. The number of rotatable bonds is 8. The van der Waals surface area contributed by atoms with Gasteiger partial charge < -0.3 is 19.1 Å². The van der Waals surface area contributed by atoms with Crippen molar-refractivity contribution in [3.63, 3.8) is 0 Å². The van der Waals surface area contributed by atoms with Crippen LogP contribution in [-0.4, -0.2) is 65.8 Å². The molecular weight excluding hydrogens is 542 g/mol. The van der Waals surface area contributed by atoms with Gasteiger partial charge in [-0.3, -0.25) is 9.59 Å². The van der Waals surface area contributed by atoms with Crippen LogP contribution in [-0.2, 0) is 23.8 Å². The Labute approximate surface area is 235 Å². The Morgan fingerprint density at radius 2 is 1.73 bits per heavy atom. The van der Waals surface area contributed by atoms with Crippen LogP contribution < -0.4 is 9.80 Å². The Morgan fingerprint density at radius 1 is 1.02 bits per heavy atom. The van der Waals surface area contributed by atoms with Gasteiger partial charge in [0.05, 0.1) is 6.42 Å². The molecule has 3 aromatic rings. The van der Waals surface area contributed by atoms with Gasteiger partial charge in [-0.2, -0.15) is 18.2 Å². The minimum atomic E-state index is -4.83. The molecule has 1 amide bonds. The summed E-state index contributed by atoms with van der Waals surface area (Å²) in [5.41, 5.74) is -0.515. The average molecular weight is 574 g/mol. The highest BCUT2D eigenvalue weighted by atomic mass is 19.4. The highest BCUT2D eigenvalue weighted by molar-refractivity contribution is 5.96. The lowest BCUT2D eigenvalue weighted by Gasteiger charge is -2.35. The molecule has 2 fully saturated rings. The molecule has 0 atom stereocenters. The van der Waals surface area contributed by atoms with Gasteiger partial charge in [0.25, 0.3) is 6.01 Å². The van der Waals surface area contributed by atoms with Gasteiger partial charge in [0.15, 0.2) is 5.69 Å². The standard InChI is InChI=1S/C29H31F4N5O3/c1-36(21-7-3-4-8-21)28-35-27(29(31,32)33)26(41-28)23(39)16-19-10-11-24(34-18-19)37-12-14-38(15-13-37)25(40)17-20-6-2-5-9-22(20)30/h2,5-6,9-11,18,21H,3-4,7-8,12-17H2,1H3. The summed E-state index contributed by atoms with van der Waals surface area (Å²) in [6, 6.07) is 9.37. The number of Topliss-reactive ketones (excluding diaryl/α,β-unsaturated/α-hetero) is 1. The Morgan fingerprint density at radius 3 is 2.37 bits per heavy atom. The SMILES string of the molecule is CN(c1nc(C(F)(F)F)c(C(=O)Cc2ccc(N3CCN(C(=O)Cc4ccccc4F)CC3)nc2)o1)C1CCCC1. The zero-order valence-electron chi connectivity index (χ0n) is 22.7. The van der Waals surface area contributed by atoms with Crippen molar-refractivity contribution in [1.82, 2.24) is 14.9 Å². The first kappa shape index (κ1) is 28.6. The van der Waals surface area contributed by atoms with Gasteiger partial charge in [0.1, 0.15) is 11.6 Å². The second-order valence-corrected chi connectivity index (χ2v) is 10.5. The Kier molecular flexibility index (Phi) is 8.27. The predicted octanol–water partition coefficient (Wildman–Crippen LogP) is 4.92. The molecule has 5 rings (SSSR count). The molecule has 12 heteroatoms. The van der Waals surface area contributed by atoms with Crippen LogP contribution >= 0.6 is 0 Å². The molecule has 1 aliphatic carbocycles. The first-order valence-corrected chi connectivity index (χ1v) is 13.7. The second-order valence-electron chi connectivity index (χ2n) is 10.5. The van der Waals surface area contributed by atoms with Crippen LogP contribution in [0, 0.1) is 5.82 Å². The monoisotopic (exact) mass is 573 g/mol. The molecule has 0 radical (unpaired) electrons. The Balaban J connectivity index is 1.19. The first-order valence-electron chi connectivity index (χ1n) is 13.7. The maximum absolute atomic E-state index is 13.9. The molecular formula is C29H31F4N5O3. The normalized spacial score (nSPS) is 16.3. The van der Waals surface area contributed by atoms with E-state index in [0.717, 1.165) is 25.7 Å². The number of alkyl halides is 3. The van der Waals surface area contributed by atoms with Crippen molar-refractivity contribution in [3.8, 4) is 0 Å². The van der Waals surface area contributed by atoms with Gasteiger partial charge in [-0.25, -0.2) is 9.37 Å². The number of ketones is 1. The molecule has 1 aliphatic heterocycles. The molecule has 0 spiro atoms. The lowest BCUT2D eigenvalue weighted by Crippen LogP contribution is -2.49.